The van der Waals surface area contributed by atoms with E-state index in [4.69, 9.17) is 10.5 Å². The van der Waals surface area contributed by atoms with Gasteiger partial charge < -0.3 is 25.0 Å². The van der Waals surface area contributed by atoms with Crippen molar-refractivity contribution in [2.24, 2.45) is 5.73 Å². The molecule has 1 aromatic heterocycles. The molecule has 3 N–H and O–H groups in total. The molecule has 0 aliphatic heterocycles. The number of aromatic carboxylic acids is 1. The van der Waals surface area contributed by atoms with Gasteiger partial charge in [0.15, 0.2) is 11.6 Å². The molecule has 8 heteroatoms. The van der Waals surface area contributed by atoms with Gasteiger partial charge in [0, 0.05) is 31.9 Å². The Labute approximate surface area is 156 Å². The van der Waals surface area contributed by atoms with Crippen LogP contribution in [0.1, 0.15) is 42.6 Å². The summed E-state index contributed by atoms with van der Waals surface area (Å²) in [5.74, 6) is -1.70. The van der Waals surface area contributed by atoms with E-state index in [9.17, 15) is 14.7 Å². The summed E-state index contributed by atoms with van der Waals surface area (Å²) < 4.78 is 22.4. The molecule has 1 fully saturated rings. The molecule has 1 saturated carbocycles. The summed E-state index contributed by atoms with van der Waals surface area (Å²) in [6, 6.07) is 1.20. The topological polar surface area (TPSA) is 97.8 Å². The van der Waals surface area contributed by atoms with Crippen LogP contribution in [0.2, 0.25) is 0 Å². The fraction of sp³-hybridized carbons (Fsp3) is 0.474. The van der Waals surface area contributed by atoms with Crippen LogP contribution in [0.4, 0.5) is 10.1 Å². The van der Waals surface area contributed by atoms with Gasteiger partial charge in [0.1, 0.15) is 11.3 Å². The van der Waals surface area contributed by atoms with Crippen molar-refractivity contribution in [3.8, 4) is 5.75 Å². The van der Waals surface area contributed by atoms with Crippen LogP contribution in [0, 0.1) is 5.82 Å². The van der Waals surface area contributed by atoms with Crippen LogP contribution in [-0.4, -0.2) is 42.4 Å². The van der Waals surface area contributed by atoms with Crippen LogP contribution in [0.3, 0.4) is 0 Å². The minimum Gasteiger partial charge on any atom is -0.492 e. The molecule has 1 aromatic carbocycles. The van der Waals surface area contributed by atoms with Crippen molar-refractivity contribution in [1.29, 1.82) is 0 Å². The number of ether oxygens (including phenoxy) is 1. The molecule has 0 saturated heterocycles. The van der Waals surface area contributed by atoms with Crippen molar-refractivity contribution in [2.45, 2.75) is 32.2 Å². The molecule has 0 unspecified atom stereocenters. The van der Waals surface area contributed by atoms with Crippen molar-refractivity contribution in [2.75, 3.05) is 31.6 Å². The molecule has 7 nitrogen and oxygen atoms in total. The number of fused-ring (bicyclic) bond motifs is 1. The van der Waals surface area contributed by atoms with E-state index in [1.165, 1.54) is 13.3 Å². The number of benzene rings is 1. The highest BCUT2D eigenvalue weighted by atomic mass is 19.1. The van der Waals surface area contributed by atoms with Gasteiger partial charge in [-0.05, 0) is 25.3 Å². The highest BCUT2D eigenvalue weighted by Crippen LogP contribution is 2.43. The second kappa shape index (κ2) is 7.56. The van der Waals surface area contributed by atoms with Gasteiger partial charge in [-0.15, -0.1) is 0 Å². The average molecular weight is 377 g/mol. The average Bonchev–Trinajstić information content (AvgIpc) is 3.46. The zero-order valence-electron chi connectivity index (χ0n) is 15.5. The van der Waals surface area contributed by atoms with E-state index in [2.05, 4.69) is 0 Å². The lowest BCUT2D eigenvalue weighted by molar-refractivity contribution is 0.0695. The first-order chi connectivity index (χ1) is 12.9. The Morgan fingerprint density at radius 2 is 2.15 bits per heavy atom. The van der Waals surface area contributed by atoms with Crippen molar-refractivity contribution in [1.82, 2.24) is 4.57 Å². The van der Waals surface area contributed by atoms with Gasteiger partial charge in [0.25, 0.3) is 0 Å². The maximum atomic E-state index is 15.1. The molecule has 3 rings (SSSR count). The van der Waals surface area contributed by atoms with E-state index in [-0.39, 0.29) is 28.4 Å². The molecule has 0 bridgehead atoms. The highest BCUT2D eigenvalue weighted by molar-refractivity contribution is 5.97. The van der Waals surface area contributed by atoms with Gasteiger partial charge in [-0.3, -0.25) is 4.79 Å². The molecule has 0 amide bonds. The summed E-state index contributed by atoms with van der Waals surface area (Å²) in [5.41, 5.74) is 5.31. The molecular weight excluding hydrogens is 353 g/mol. The summed E-state index contributed by atoms with van der Waals surface area (Å²) >= 11 is 0. The number of halogens is 1. The lowest BCUT2D eigenvalue weighted by Gasteiger charge is -2.27. The highest BCUT2D eigenvalue weighted by Gasteiger charge is 2.31. The number of pyridine rings is 1. The van der Waals surface area contributed by atoms with Gasteiger partial charge in [-0.2, -0.15) is 0 Å². The van der Waals surface area contributed by atoms with Crippen LogP contribution >= 0.6 is 0 Å². The maximum absolute atomic E-state index is 15.1. The van der Waals surface area contributed by atoms with E-state index >= 15 is 4.39 Å². The van der Waals surface area contributed by atoms with Crippen molar-refractivity contribution >= 4 is 22.6 Å². The Balaban J connectivity index is 2.39. The van der Waals surface area contributed by atoms with E-state index < -0.39 is 17.2 Å². The number of rotatable bonds is 8. The SMILES string of the molecule is CCCN(CCN)c1c(F)cc2c(=O)c(C(=O)O)cn(C3CC3)c2c1OC. The first kappa shape index (κ1) is 19.2. The molecule has 1 aliphatic carbocycles. The van der Waals surface area contributed by atoms with Crippen molar-refractivity contribution < 1.29 is 19.0 Å². The molecular formula is C19H24FN3O4. The maximum Gasteiger partial charge on any atom is 0.341 e. The third-order valence-electron chi connectivity index (χ3n) is 4.78. The Kier molecular flexibility index (Phi) is 5.36. The second-order valence-electron chi connectivity index (χ2n) is 6.73. The number of anilines is 1. The number of aromatic nitrogens is 1. The molecule has 2 aromatic rings. The van der Waals surface area contributed by atoms with E-state index in [1.807, 2.05) is 6.92 Å². The van der Waals surface area contributed by atoms with Crippen LogP contribution in [0.25, 0.3) is 10.9 Å². The molecule has 146 valence electrons. The predicted octanol–water partition coefficient (Wildman–Crippen LogP) is 2.36. The molecule has 0 atom stereocenters. The second-order valence-corrected chi connectivity index (χ2v) is 6.73. The number of nitrogens with zero attached hydrogens (tertiary/aromatic N) is 2. The van der Waals surface area contributed by atoms with Gasteiger partial charge in [-0.1, -0.05) is 6.92 Å². The van der Waals surface area contributed by atoms with Crippen LogP contribution < -0.4 is 20.8 Å². The monoisotopic (exact) mass is 377 g/mol. The summed E-state index contributed by atoms with van der Waals surface area (Å²) in [6.07, 6.45) is 3.87. The molecule has 1 heterocycles. The number of carboxylic acids is 1. The van der Waals surface area contributed by atoms with E-state index in [0.29, 0.717) is 25.2 Å². The molecule has 0 radical (unpaired) electrons. The van der Waals surface area contributed by atoms with E-state index in [1.54, 1.807) is 9.47 Å². The Hall–Kier alpha value is -2.61. The predicted molar refractivity (Wildman–Crippen MR) is 102 cm³/mol. The van der Waals surface area contributed by atoms with Crippen molar-refractivity contribution in [3.63, 3.8) is 0 Å². The van der Waals surface area contributed by atoms with Crippen molar-refractivity contribution in [3.05, 3.63) is 33.9 Å². The third-order valence-corrected chi connectivity index (χ3v) is 4.78. The normalized spacial score (nSPS) is 13.8. The first-order valence-electron chi connectivity index (χ1n) is 9.08. The molecule has 0 spiro atoms. The summed E-state index contributed by atoms with van der Waals surface area (Å²) in [7, 11) is 1.43. The lowest BCUT2D eigenvalue weighted by atomic mass is 10.1. The number of methoxy groups -OCH3 is 1. The first-order valence-corrected chi connectivity index (χ1v) is 9.08. The zero-order chi connectivity index (χ0) is 19.7. The van der Waals surface area contributed by atoms with Crippen LogP contribution in [-0.2, 0) is 0 Å². The lowest BCUT2D eigenvalue weighted by Crippen LogP contribution is -2.31. The van der Waals surface area contributed by atoms with Gasteiger partial charge in [0.2, 0.25) is 5.43 Å². The Bertz CT molecular complexity index is 931. The van der Waals surface area contributed by atoms with Gasteiger partial charge in [0.05, 0.1) is 18.0 Å². The molecule has 1 aliphatic rings. The fourth-order valence-corrected chi connectivity index (χ4v) is 3.49. The van der Waals surface area contributed by atoms with E-state index in [0.717, 1.165) is 25.3 Å². The van der Waals surface area contributed by atoms with Gasteiger partial charge >= 0.3 is 5.97 Å². The number of carboxylic acid groups (broad SMARTS) is 1. The van der Waals surface area contributed by atoms with Crippen LogP contribution in [0.15, 0.2) is 17.1 Å². The zero-order valence-corrected chi connectivity index (χ0v) is 15.5. The summed E-state index contributed by atoms with van der Waals surface area (Å²) in [6.45, 7) is 3.34. The smallest absolute Gasteiger partial charge is 0.341 e. The Morgan fingerprint density at radius 1 is 1.44 bits per heavy atom. The van der Waals surface area contributed by atoms with Gasteiger partial charge in [-0.25, -0.2) is 9.18 Å². The number of carbonyl (C=O) groups is 1. The number of hydrogen-bond acceptors (Lipinski definition) is 5. The fourth-order valence-electron chi connectivity index (χ4n) is 3.49. The largest absolute Gasteiger partial charge is 0.492 e. The van der Waals surface area contributed by atoms with Crippen LogP contribution in [0.5, 0.6) is 5.75 Å². The summed E-state index contributed by atoms with van der Waals surface area (Å²) in [5, 5.41) is 9.39. The quantitative estimate of drug-likeness (QED) is 0.733. The minimum absolute atomic E-state index is 0.0177. The Morgan fingerprint density at radius 3 is 2.67 bits per heavy atom. The molecule has 27 heavy (non-hydrogen) atoms. The summed E-state index contributed by atoms with van der Waals surface area (Å²) in [4.78, 5) is 26.0. The minimum atomic E-state index is -1.32. The standard InChI is InChI=1S/C19H24FN3O4/c1-3-7-22(8-6-21)16-14(20)9-12-15(18(16)27-2)23(11-4-5-11)10-13(17(12)24)19(25)26/h9-11H,3-8,21H2,1-2H3,(H,25,26). The number of hydrogen-bond donors (Lipinski definition) is 2. The number of nitrogens with two attached hydrogens (primary N) is 1. The third kappa shape index (κ3) is 3.37.